The molecule has 0 aliphatic carbocycles. The molecule has 2 aromatic rings. The van der Waals surface area contributed by atoms with Crippen molar-refractivity contribution in [2.24, 2.45) is 5.73 Å². The van der Waals surface area contributed by atoms with E-state index in [9.17, 15) is 4.79 Å². The molecule has 1 heterocycles. The highest BCUT2D eigenvalue weighted by atomic mass is 32.1. The van der Waals surface area contributed by atoms with Crippen molar-refractivity contribution < 1.29 is 4.79 Å². The topological polar surface area (TPSA) is 59.2 Å². The predicted octanol–water partition coefficient (Wildman–Crippen LogP) is 2.13. The highest BCUT2D eigenvalue weighted by Gasteiger charge is 2.17. The molecular weight excluding hydrogens is 258 g/mol. The van der Waals surface area contributed by atoms with Crippen molar-refractivity contribution in [2.45, 2.75) is 13.0 Å². The SMILES string of the molecule is NCCCN(Cc1ccccc1)C(=O)c1cscn1. The van der Waals surface area contributed by atoms with Crippen LogP contribution in [0.2, 0.25) is 0 Å². The van der Waals surface area contributed by atoms with Crippen LogP contribution in [0, 0.1) is 0 Å². The zero-order valence-corrected chi connectivity index (χ0v) is 11.5. The molecule has 4 nitrogen and oxygen atoms in total. The van der Waals surface area contributed by atoms with Crippen LogP contribution < -0.4 is 5.73 Å². The summed E-state index contributed by atoms with van der Waals surface area (Å²) >= 11 is 1.43. The molecule has 0 unspecified atom stereocenters. The van der Waals surface area contributed by atoms with Gasteiger partial charge in [-0.15, -0.1) is 11.3 Å². The van der Waals surface area contributed by atoms with E-state index in [1.54, 1.807) is 15.8 Å². The van der Waals surface area contributed by atoms with E-state index in [0.29, 0.717) is 25.3 Å². The zero-order valence-electron chi connectivity index (χ0n) is 10.7. The highest BCUT2D eigenvalue weighted by molar-refractivity contribution is 7.07. The van der Waals surface area contributed by atoms with Crippen LogP contribution in [0.5, 0.6) is 0 Å². The van der Waals surface area contributed by atoms with Crippen LogP contribution in [-0.4, -0.2) is 28.9 Å². The Labute approximate surface area is 116 Å². The van der Waals surface area contributed by atoms with Gasteiger partial charge in [0.05, 0.1) is 5.51 Å². The van der Waals surface area contributed by atoms with Gasteiger partial charge < -0.3 is 10.6 Å². The van der Waals surface area contributed by atoms with Gasteiger partial charge in [-0.1, -0.05) is 30.3 Å². The van der Waals surface area contributed by atoms with Gasteiger partial charge in [-0.3, -0.25) is 4.79 Å². The molecule has 100 valence electrons. The van der Waals surface area contributed by atoms with Crippen molar-refractivity contribution in [2.75, 3.05) is 13.1 Å². The van der Waals surface area contributed by atoms with Crippen LogP contribution >= 0.6 is 11.3 Å². The molecule has 0 bridgehead atoms. The van der Waals surface area contributed by atoms with E-state index in [-0.39, 0.29) is 5.91 Å². The summed E-state index contributed by atoms with van der Waals surface area (Å²) in [5.74, 6) is -0.0291. The number of amides is 1. The number of thiazole rings is 1. The van der Waals surface area contributed by atoms with Crippen LogP contribution in [0.1, 0.15) is 22.5 Å². The van der Waals surface area contributed by atoms with Gasteiger partial charge in [0.1, 0.15) is 5.69 Å². The van der Waals surface area contributed by atoms with Crippen LogP contribution in [0.25, 0.3) is 0 Å². The fourth-order valence-electron chi connectivity index (χ4n) is 1.82. The minimum atomic E-state index is -0.0291. The summed E-state index contributed by atoms with van der Waals surface area (Å²) in [5.41, 5.74) is 8.84. The number of hydrogen-bond acceptors (Lipinski definition) is 4. The number of aromatic nitrogens is 1. The van der Waals surface area contributed by atoms with Crippen molar-refractivity contribution in [3.8, 4) is 0 Å². The van der Waals surface area contributed by atoms with E-state index in [1.165, 1.54) is 11.3 Å². The van der Waals surface area contributed by atoms with Gasteiger partial charge in [-0.2, -0.15) is 0 Å². The van der Waals surface area contributed by atoms with Gasteiger partial charge in [0.25, 0.3) is 5.91 Å². The normalized spacial score (nSPS) is 10.4. The van der Waals surface area contributed by atoms with Gasteiger partial charge in [0.2, 0.25) is 0 Å². The molecule has 0 aliphatic heterocycles. The molecule has 0 radical (unpaired) electrons. The number of benzene rings is 1. The molecule has 1 aromatic carbocycles. The first-order valence-corrected chi connectivity index (χ1v) is 7.17. The van der Waals surface area contributed by atoms with E-state index in [2.05, 4.69) is 4.98 Å². The molecule has 5 heteroatoms. The number of carbonyl (C=O) groups excluding carboxylic acids is 1. The fraction of sp³-hybridized carbons (Fsp3) is 0.286. The van der Waals surface area contributed by atoms with E-state index in [4.69, 9.17) is 5.73 Å². The Morgan fingerprint density at radius 1 is 1.32 bits per heavy atom. The number of nitrogens with two attached hydrogens (primary N) is 1. The van der Waals surface area contributed by atoms with E-state index >= 15 is 0 Å². The third-order valence-electron chi connectivity index (χ3n) is 2.79. The second kappa shape index (κ2) is 7.01. The van der Waals surface area contributed by atoms with Crippen molar-refractivity contribution in [1.82, 2.24) is 9.88 Å². The molecule has 0 spiro atoms. The van der Waals surface area contributed by atoms with Gasteiger partial charge in [0.15, 0.2) is 0 Å². The smallest absolute Gasteiger partial charge is 0.273 e. The van der Waals surface area contributed by atoms with Crippen LogP contribution in [-0.2, 0) is 6.54 Å². The summed E-state index contributed by atoms with van der Waals surface area (Å²) in [5, 5.41) is 1.78. The third-order valence-corrected chi connectivity index (χ3v) is 3.37. The second-order valence-corrected chi connectivity index (χ2v) is 4.95. The Hall–Kier alpha value is -1.72. The second-order valence-electron chi connectivity index (χ2n) is 4.23. The minimum absolute atomic E-state index is 0.0291. The van der Waals surface area contributed by atoms with Crippen molar-refractivity contribution >= 4 is 17.2 Å². The average Bonchev–Trinajstić information content (AvgIpc) is 2.98. The molecule has 2 N–H and O–H groups in total. The Morgan fingerprint density at radius 2 is 2.11 bits per heavy atom. The summed E-state index contributed by atoms with van der Waals surface area (Å²) in [6.07, 6.45) is 0.794. The lowest BCUT2D eigenvalue weighted by atomic mass is 10.2. The van der Waals surface area contributed by atoms with Gasteiger partial charge in [0, 0.05) is 18.5 Å². The zero-order chi connectivity index (χ0) is 13.5. The van der Waals surface area contributed by atoms with Gasteiger partial charge in [-0.05, 0) is 18.5 Å². The van der Waals surface area contributed by atoms with Crippen molar-refractivity contribution in [3.63, 3.8) is 0 Å². The standard InChI is InChI=1S/C14H17N3OS/c15-7-4-8-17(9-12-5-2-1-3-6-12)14(18)13-10-19-11-16-13/h1-3,5-6,10-11H,4,7-9,15H2. The lowest BCUT2D eigenvalue weighted by Crippen LogP contribution is -2.32. The van der Waals surface area contributed by atoms with Crippen molar-refractivity contribution in [1.29, 1.82) is 0 Å². The van der Waals surface area contributed by atoms with Gasteiger partial charge >= 0.3 is 0 Å². The fourth-order valence-corrected chi connectivity index (χ4v) is 2.34. The molecule has 0 aliphatic rings. The van der Waals surface area contributed by atoms with E-state index in [1.807, 2.05) is 30.3 Å². The van der Waals surface area contributed by atoms with Crippen LogP contribution in [0.3, 0.4) is 0 Å². The molecular formula is C14H17N3OS. The summed E-state index contributed by atoms with van der Waals surface area (Å²) in [6, 6.07) is 9.96. The number of rotatable bonds is 6. The summed E-state index contributed by atoms with van der Waals surface area (Å²) in [4.78, 5) is 18.2. The molecule has 2 rings (SSSR count). The third kappa shape index (κ3) is 3.87. The molecule has 1 amide bonds. The largest absolute Gasteiger partial charge is 0.333 e. The maximum atomic E-state index is 12.3. The van der Waals surface area contributed by atoms with Crippen molar-refractivity contribution in [3.05, 3.63) is 52.5 Å². The lowest BCUT2D eigenvalue weighted by molar-refractivity contribution is 0.0737. The first-order chi connectivity index (χ1) is 9.31. The molecule has 1 aromatic heterocycles. The summed E-state index contributed by atoms with van der Waals surface area (Å²) < 4.78 is 0. The monoisotopic (exact) mass is 275 g/mol. The Bertz CT molecular complexity index is 499. The summed E-state index contributed by atoms with van der Waals surface area (Å²) in [6.45, 7) is 1.83. The molecule has 0 fully saturated rings. The Morgan fingerprint density at radius 3 is 2.74 bits per heavy atom. The van der Waals surface area contributed by atoms with Gasteiger partial charge in [-0.25, -0.2) is 4.98 Å². The average molecular weight is 275 g/mol. The lowest BCUT2D eigenvalue weighted by Gasteiger charge is -2.21. The van der Waals surface area contributed by atoms with Crippen LogP contribution in [0.4, 0.5) is 0 Å². The maximum absolute atomic E-state index is 12.3. The molecule has 0 atom stereocenters. The Balaban J connectivity index is 2.09. The van der Waals surface area contributed by atoms with E-state index in [0.717, 1.165) is 12.0 Å². The summed E-state index contributed by atoms with van der Waals surface area (Å²) in [7, 11) is 0. The number of hydrogen-bond donors (Lipinski definition) is 1. The first-order valence-electron chi connectivity index (χ1n) is 6.22. The first kappa shape index (κ1) is 13.7. The molecule has 0 saturated heterocycles. The highest BCUT2D eigenvalue weighted by Crippen LogP contribution is 2.11. The maximum Gasteiger partial charge on any atom is 0.273 e. The predicted molar refractivity (Wildman–Crippen MR) is 77.0 cm³/mol. The molecule has 19 heavy (non-hydrogen) atoms. The number of nitrogens with zero attached hydrogens (tertiary/aromatic N) is 2. The molecule has 0 saturated carbocycles. The minimum Gasteiger partial charge on any atom is -0.333 e. The quantitative estimate of drug-likeness (QED) is 0.878. The van der Waals surface area contributed by atoms with E-state index < -0.39 is 0 Å². The number of carbonyl (C=O) groups is 1. The van der Waals surface area contributed by atoms with Crippen LogP contribution in [0.15, 0.2) is 41.2 Å². The Kier molecular flexibility index (Phi) is 5.06.